The molecule has 0 amide bonds. The first kappa shape index (κ1) is 14.4. The zero-order valence-corrected chi connectivity index (χ0v) is 12.2. The van der Waals surface area contributed by atoms with Crippen molar-refractivity contribution >= 4 is 0 Å². The summed E-state index contributed by atoms with van der Waals surface area (Å²) in [6.45, 7) is 6.90. The standard InChI is InChI=1S/C19H23N/c1-3-5-8-16(7-4-2)18-9-6-10-19(15-18)17-11-13-20-14-12-17/h4-5,7-8,10-13,15,20H,2-3,6,9,14H2,1H3/b8-5-,16-7+. The van der Waals surface area contributed by atoms with Gasteiger partial charge in [-0.2, -0.15) is 0 Å². The first-order valence-corrected chi connectivity index (χ1v) is 7.36. The molecule has 2 rings (SSSR count). The van der Waals surface area contributed by atoms with E-state index >= 15 is 0 Å². The van der Waals surface area contributed by atoms with Crippen molar-refractivity contribution in [1.82, 2.24) is 5.32 Å². The molecule has 0 saturated heterocycles. The van der Waals surface area contributed by atoms with Gasteiger partial charge in [-0.3, -0.25) is 0 Å². The lowest BCUT2D eigenvalue weighted by Crippen LogP contribution is -2.09. The van der Waals surface area contributed by atoms with Crippen LogP contribution < -0.4 is 5.32 Å². The van der Waals surface area contributed by atoms with Gasteiger partial charge in [0.05, 0.1) is 0 Å². The van der Waals surface area contributed by atoms with Crippen LogP contribution in [0.25, 0.3) is 0 Å². The molecule has 1 heterocycles. The fourth-order valence-corrected chi connectivity index (χ4v) is 2.44. The summed E-state index contributed by atoms with van der Waals surface area (Å²) < 4.78 is 0. The van der Waals surface area contributed by atoms with Crippen LogP contribution in [-0.2, 0) is 0 Å². The molecule has 20 heavy (non-hydrogen) atoms. The van der Waals surface area contributed by atoms with Gasteiger partial charge in [0.1, 0.15) is 0 Å². The minimum atomic E-state index is 0.914. The molecule has 0 unspecified atom stereocenters. The first-order valence-electron chi connectivity index (χ1n) is 7.36. The van der Waals surface area contributed by atoms with E-state index in [-0.39, 0.29) is 0 Å². The molecule has 1 aliphatic carbocycles. The smallest absolute Gasteiger partial charge is 0.0334 e. The van der Waals surface area contributed by atoms with Crippen LogP contribution in [0.1, 0.15) is 26.2 Å². The summed E-state index contributed by atoms with van der Waals surface area (Å²) in [7, 11) is 0. The minimum Gasteiger partial charge on any atom is -0.387 e. The average Bonchev–Trinajstić information content (AvgIpc) is 2.52. The average molecular weight is 265 g/mol. The lowest BCUT2D eigenvalue weighted by Gasteiger charge is -2.17. The lowest BCUT2D eigenvalue weighted by molar-refractivity contribution is 0.943. The summed E-state index contributed by atoms with van der Waals surface area (Å²) in [4.78, 5) is 0. The maximum atomic E-state index is 3.83. The van der Waals surface area contributed by atoms with Crippen molar-refractivity contribution in [2.24, 2.45) is 0 Å². The number of rotatable bonds is 5. The quantitative estimate of drug-likeness (QED) is 0.707. The van der Waals surface area contributed by atoms with Crippen LogP contribution in [-0.4, -0.2) is 6.54 Å². The molecule has 0 spiro atoms. The van der Waals surface area contributed by atoms with Gasteiger partial charge in [0.2, 0.25) is 0 Å². The minimum absolute atomic E-state index is 0.914. The highest BCUT2D eigenvalue weighted by Gasteiger charge is 2.10. The highest BCUT2D eigenvalue weighted by Crippen LogP contribution is 2.28. The molecule has 1 N–H and O–H groups in total. The first-order chi connectivity index (χ1) is 9.85. The van der Waals surface area contributed by atoms with Crippen molar-refractivity contribution in [3.05, 3.63) is 83.7 Å². The second kappa shape index (κ2) is 7.54. The Hall–Kier alpha value is -2.02. The normalized spacial score (nSPS) is 19.2. The van der Waals surface area contributed by atoms with Gasteiger partial charge in [0.15, 0.2) is 0 Å². The predicted octanol–water partition coefficient (Wildman–Crippen LogP) is 4.75. The highest BCUT2D eigenvalue weighted by atomic mass is 14.8. The molecule has 0 fully saturated rings. The molecule has 0 radical (unpaired) electrons. The van der Waals surface area contributed by atoms with Crippen molar-refractivity contribution in [1.29, 1.82) is 0 Å². The Balaban J connectivity index is 2.25. The molecule has 0 saturated carbocycles. The van der Waals surface area contributed by atoms with Gasteiger partial charge in [-0.05, 0) is 53.8 Å². The Kier molecular flexibility index (Phi) is 5.43. The van der Waals surface area contributed by atoms with Crippen molar-refractivity contribution in [3.8, 4) is 0 Å². The van der Waals surface area contributed by atoms with Crippen LogP contribution in [0.4, 0.5) is 0 Å². The van der Waals surface area contributed by atoms with Crippen molar-refractivity contribution in [3.63, 3.8) is 0 Å². The Morgan fingerprint density at radius 2 is 2.25 bits per heavy atom. The Bertz CT molecular complexity index is 536. The summed E-state index contributed by atoms with van der Waals surface area (Å²) in [6.07, 6.45) is 22.7. The zero-order valence-electron chi connectivity index (χ0n) is 12.2. The van der Waals surface area contributed by atoms with Crippen molar-refractivity contribution in [2.45, 2.75) is 26.2 Å². The second-order valence-electron chi connectivity index (χ2n) is 4.94. The third-order valence-electron chi connectivity index (χ3n) is 3.46. The molecule has 0 bridgehead atoms. The van der Waals surface area contributed by atoms with E-state index in [9.17, 15) is 0 Å². The maximum absolute atomic E-state index is 3.83. The zero-order chi connectivity index (χ0) is 14.2. The van der Waals surface area contributed by atoms with E-state index in [4.69, 9.17) is 0 Å². The summed E-state index contributed by atoms with van der Waals surface area (Å²) in [5.74, 6) is 0. The Labute approximate surface area is 122 Å². The van der Waals surface area contributed by atoms with E-state index in [2.05, 4.69) is 61.4 Å². The molecule has 104 valence electrons. The number of nitrogens with one attached hydrogen (secondary N) is 1. The highest BCUT2D eigenvalue weighted by molar-refractivity contribution is 5.55. The number of allylic oxidation sites excluding steroid dienone is 11. The number of dihydropyridines is 1. The third kappa shape index (κ3) is 3.74. The summed E-state index contributed by atoms with van der Waals surface area (Å²) in [5, 5.41) is 3.20. The van der Waals surface area contributed by atoms with Gasteiger partial charge >= 0.3 is 0 Å². The van der Waals surface area contributed by atoms with Gasteiger partial charge in [0, 0.05) is 6.54 Å². The van der Waals surface area contributed by atoms with Crippen LogP contribution in [0.3, 0.4) is 0 Å². The summed E-state index contributed by atoms with van der Waals surface area (Å²) in [5.41, 5.74) is 5.34. The van der Waals surface area contributed by atoms with Gasteiger partial charge in [-0.1, -0.05) is 56.0 Å². The van der Waals surface area contributed by atoms with Gasteiger partial charge in [0.25, 0.3) is 0 Å². The summed E-state index contributed by atoms with van der Waals surface area (Å²) >= 11 is 0. The molecule has 1 heteroatoms. The summed E-state index contributed by atoms with van der Waals surface area (Å²) in [6, 6.07) is 0. The molecular formula is C19H23N. The SMILES string of the molecule is C=C/C=C(\C=C/CC)C1=CC(C2=CCNC=C2)=CCC1. The largest absolute Gasteiger partial charge is 0.387 e. The van der Waals surface area contributed by atoms with E-state index in [0.29, 0.717) is 0 Å². The molecular weight excluding hydrogens is 242 g/mol. The van der Waals surface area contributed by atoms with Crippen molar-refractivity contribution in [2.75, 3.05) is 6.54 Å². The second-order valence-corrected chi connectivity index (χ2v) is 4.94. The molecule has 1 aliphatic heterocycles. The number of hydrogen-bond donors (Lipinski definition) is 1. The maximum Gasteiger partial charge on any atom is 0.0334 e. The molecule has 0 aromatic rings. The predicted molar refractivity (Wildman–Crippen MR) is 88.3 cm³/mol. The fraction of sp³-hybridized carbons (Fsp3) is 0.263. The monoisotopic (exact) mass is 265 g/mol. The van der Waals surface area contributed by atoms with E-state index < -0.39 is 0 Å². The van der Waals surface area contributed by atoms with Crippen LogP contribution >= 0.6 is 0 Å². The van der Waals surface area contributed by atoms with Gasteiger partial charge < -0.3 is 5.32 Å². The Morgan fingerprint density at radius 1 is 1.35 bits per heavy atom. The molecule has 0 aromatic heterocycles. The van der Waals surface area contributed by atoms with E-state index in [1.807, 2.05) is 12.3 Å². The molecule has 2 aliphatic rings. The van der Waals surface area contributed by atoms with E-state index in [1.165, 1.54) is 22.3 Å². The van der Waals surface area contributed by atoms with Gasteiger partial charge in [-0.25, -0.2) is 0 Å². The molecule has 1 nitrogen and oxygen atoms in total. The fourth-order valence-electron chi connectivity index (χ4n) is 2.44. The van der Waals surface area contributed by atoms with Crippen molar-refractivity contribution < 1.29 is 0 Å². The van der Waals surface area contributed by atoms with E-state index in [0.717, 1.165) is 25.8 Å². The van der Waals surface area contributed by atoms with E-state index in [1.54, 1.807) is 0 Å². The van der Waals surface area contributed by atoms with Crippen LogP contribution in [0, 0.1) is 0 Å². The van der Waals surface area contributed by atoms with Crippen LogP contribution in [0.2, 0.25) is 0 Å². The third-order valence-corrected chi connectivity index (χ3v) is 3.46. The lowest BCUT2D eigenvalue weighted by atomic mass is 9.89. The number of hydrogen-bond acceptors (Lipinski definition) is 1. The van der Waals surface area contributed by atoms with Crippen LogP contribution in [0.5, 0.6) is 0 Å². The molecule has 0 aromatic carbocycles. The van der Waals surface area contributed by atoms with Gasteiger partial charge in [-0.15, -0.1) is 0 Å². The van der Waals surface area contributed by atoms with Crippen LogP contribution in [0.15, 0.2) is 83.7 Å². The Morgan fingerprint density at radius 3 is 2.95 bits per heavy atom. The molecule has 0 atom stereocenters. The topological polar surface area (TPSA) is 12.0 Å².